The van der Waals surface area contributed by atoms with Crippen LogP contribution in [-0.2, 0) is 0 Å². The molecule has 0 aliphatic carbocycles. The van der Waals surface area contributed by atoms with Crippen LogP contribution in [0.4, 0.5) is 17.1 Å². The largest absolute Gasteiger partial charge is 0.456 e. The smallest absolute Gasteiger partial charge is 0.136 e. The second-order valence-corrected chi connectivity index (χ2v) is 14.5. The molecule has 11 rings (SSSR count). The molecule has 9 aromatic carbocycles. The second-order valence-electron chi connectivity index (χ2n) is 14.5. The Bertz CT molecular complexity index is 3210. The number of nitrogens with zero attached hydrogens (tertiary/aromatic N) is 2. The fourth-order valence-corrected chi connectivity index (χ4v) is 8.63. The second kappa shape index (κ2) is 13.6. The lowest BCUT2D eigenvalue weighted by atomic mass is 9.96. The average Bonchev–Trinajstić information content (AvgIpc) is 3.84. The molecule has 0 saturated carbocycles. The van der Waals surface area contributed by atoms with Crippen molar-refractivity contribution in [2.75, 3.05) is 4.90 Å². The van der Waals surface area contributed by atoms with E-state index in [0.717, 1.165) is 61.4 Å². The maximum atomic E-state index is 6.40. The van der Waals surface area contributed by atoms with Gasteiger partial charge in [-0.2, -0.15) is 0 Å². The molecule has 2 heterocycles. The molecule has 0 N–H and O–H groups in total. The van der Waals surface area contributed by atoms with Crippen LogP contribution in [0.2, 0.25) is 0 Å². The van der Waals surface area contributed by atoms with Crippen molar-refractivity contribution in [3.63, 3.8) is 0 Å². The fraction of sp³-hybridized carbons (Fsp3) is 0. The molecule has 0 atom stereocenters. The van der Waals surface area contributed by atoms with Crippen molar-refractivity contribution in [1.82, 2.24) is 4.57 Å². The number of fused-ring (bicyclic) bond motifs is 6. The Morgan fingerprint density at radius 1 is 0.351 bits per heavy atom. The van der Waals surface area contributed by atoms with Crippen molar-refractivity contribution in [3.8, 4) is 39.1 Å². The highest BCUT2D eigenvalue weighted by Gasteiger charge is 2.22. The van der Waals surface area contributed by atoms with Gasteiger partial charge >= 0.3 is 0 Å². The van der Waals surface area contributed by atoms with Gasteiger partial charge in [0.25, 0.3) is 0 Å². The van der Waals surface area contributed by atoms with Crippen LogP contribution in [0.25, 0.3) is 82.8 Å². The van der Waals surface area contributed by atoms with Gasteiger partial charge in [0.2, 0.25) is 0 Å². The van der Waals surface area contributed by atoms with Gasteiger partial charge in [0.1, 0.15) is 11.2 Å². The van der Waals surface area contributed by atoms with Crippen LogP contribution in [0.1, 0.15) is 0 Å². The molecule has 268 valence electrons. The first-order valence-electron chi connectivity index (χ1n) is 19.4. The topological polar surface area (TPSA) is 21.3 Å². The molecule has 0 spiro atoms. The monoisotopic (exact) mass is 728 g/mol. The van der Waals surface area contributed by atoms with Gasteiger partial charge in [0.05, 0.1) is 16.7 Å². The highest BCUT2D eigenvalue weighted by atomic mass is 16.3. The SMILES string of the molecule is c1ccc(-c2cccc(-c3cccc(N(c4cccc(-n5c6ccccc6c6ccccc65)c4)c4ccccc4-c4cccc5oc6ccccc6c45)c3)c2)cc1. The van der Waals surface area contributed by atoms with Crippen LogP contribution >= 0.6 is 0 Å². The van der Waals surface area contributed by atoms with Crippen LogP contribution in [0, 0.1) is 0 Å². The van der Waals surface area contributed by atoms with Gasteiger partial charge in [-0.15, -0.1) is 0 Å². The van der Waals surface area contributed by atoms with E-state index in [0.29, 0.717) is 0 Å². The molecule has 0 radical (unpaired) electrons. The molecule has 0 unspecified atom stereocenters. The summed E-state index contributed by atoms with van der Waals surface area (Å²) in [5.41, 5.74) is 15.4. The van der Waals surface area contributed by atoms with E-state index < -0.39 is 0 Å². The Kier molecular flexibility index (Phi) is 7.82. The number of hydrogen-bond acceptors (Lipinski definition) is 2. The number of hydrogen-bond donors (Lipinski definition) is 0. The lowest BCUT2D eigenvalue weighted by Crippen LogP contribution is -2.12. The number of benzene rings is 9. The van der Waals surface area contributed by atoms with E-state index >= 15 is 0 Å². The molecule has 0 fully saturated rings. The summed E-state index contributed by atoms with van der Waals surface area (Å²) in [4.78, 5) is 2.42. The van der Waals surface area contributed by atoms with E-state index in [1.165, 1.54) is 38.5 Å². The first-order chi connectivity index (χ1) is 28.3. The average molecular weight is 729 g/mol. The van der Waals surface area contributed by atoms with Crippen LogP contribution in [0.5, 0.6) is 0 Å². The van der Waals surface area contributed by atoms with Crippen molar-refractivity contribution < 1.29 is 4.42 Å². The number of rotatable bonds is 7. The Balaban J connectivity index is 1.14. The molecular weight excluding hydrogens is 693 g/mol. The van der Waals surface area contributed by atoms with Gasteiger partial charge < -0.3 is 13.9 Å². The lowest BCUT2D eigenvalue weighted by molar-refractivity contribution is 0.669. The molecule has 0 aliphatic rings. The first-order valence-corrected chi connectivity index (χ1v) is 19.4. The Morgan fingerprint density at radius 3 is 1.67 bits per heavy atom. The summed E-state index contributed by atoms with van der Waals surface area (Å²) in [5.74, 6) is 0. The molecule has 0 aliphatic heterocycles. The Labute approximate surface area is 330 Å². The third kappa shape index (κ3) is 5.60. The number of anilines is 3. The zero-order chi connectivity index (χ0) is 37.7. The van der Waals surface area contributed by atoms with E-state index in [9.17, 15) is 0 Å². The summed E-state index contributed by atoms with van der Waals surface area (Å²) in [7, 11) is 0. The fourth-order valence-electron chi connectivity index (χ4n) is 8.63. The van der Waals surface area contributed by atoms with Crippen molar-refractivity contribution in [2.45, 2.75) is 0 Å². The summed E-state index contributed by atoms with van der Waals surface area (Å²) in [6, 6.07) is 78.2. The van der Waals surface area contributed by atoms with E-state index in [4.69, 9.17) is 4.42 Å². The van der Waals surface area contributed by atoms with E-state index in [2.05, 4.69) is 222 Å². The van der Waals surface area contributed by atoms with Crippen LogP contribution in [0.3, 0.4) is 0 Å². The summed E-state index contributed by atoms with van der Waals surface area (Å²) in [6.45, 7) is 0. The summed E-state index contributed by atoms with van der Waals surface area (Å²) >= 11 is 0. The Hall–Kier alpha value is -7.62. The molecule has 2 aromatic heterocycles. The van der Waals surface area contributed by atoms with Crippen molar-refractivity contribution in [3.05, 3.63) is 218 Å². The van der Waals surface area contributed by atoms with Crippen LogP contribution in [-0.4, -0.2) is 4.57 Å². The highest BCUT2D eigenvalue weighted by molar-refractivity contribution is 6.14. The predicted octanol–water partition coefficient (Wildman–Crippen LogP) is 15.2. The first kappa shape index (κ1) is 32.8. The molecule has 3 nitrogen and oxygen atoms in total. The lowest BCUT2D eigenvalue weighted by Gasteiger charge is -2.29. The van der Waals surface area contributed by atoms with Gasteiger partial charge in [-0.3, -0.25) is 0 Å². The zero-order valence-corrected chi connectivity index (χ0v) is 31.1. The normalized spacial score (nSPS) is 11.5. The summed E-state index contributed by atoms with van der Waals surface area (Å²) in [6.07, 6.45) is 0. The van der Waals surface area contributed by atoms with Gasteiger partial charge in [-0.25, -0.2) is 0 Å². The molecule has 0 amide bonds. The van der Waals surface area contributed by atoms with Gasteiger partial charge in [0, 0.05) is 44.2 Å². The number of aromatic nitrogens is 1. The van der Waals surface area contributed by atoms with Gasteiger partial charge in [0.15, 0.2) is 0 Å². The minimum absolute atomic E-state index is 0.878. The zero-order valence-electron chi connectivity index (χ0n) is 31.1. The van der Waals surface area contributed by atoms with Crippen molar-refractivity contribution in [1.29, 1.82) is 0 Å². The highest BCUT2D eigenvalue weighted by Crippen LogP contribution is 2.46. The third-order valence-corrected chi connectivity index (χ3v) is 11.2. The molecular formula is C54H36N2O. The standard InChI is InChI=1S/C54H36N2O/c1-2-16-37(17-3-1)38-18-12-19-39(34-38)40-20-13-21-41(35-40)55(42-22-14-23-43(36-42)56-50-30-9-4-24-44(50)45-25-5-10-31-51(45)56)49-29-8-6-26-46(49)47-28-15-33-53-54(47)48-27-7-11-32-52(48)57-53/h1-36H. The minimum atomic E-state index is 0.878. The van der Waals surface area contributed by atoms with E-state index in [-0.39, 0.29) is 0 Å². The molecule has 0 saturated heterocycles. The molecule has 11 aromatic rings. The van der Waals surface area contributed by atoms with Crippen molar-refractivity contribution in [2.24, 2.45) is 0 Å². The molecule has 57 heavy (non-hydrogen) atoms. The number of para-hydroxylation sites is 4. The third-order valence-electron chi connectivity index (χ3n) is 11.2. The van der Waals surface area contributed by atoms with Crippen molar-refractivity contribution >= 4 is 60.8 Å². The van der Waals surface area contributed by atoms with E-state index in [1.54, 1.807) is 0 Å². The van der Waals surface area contributed by atoms with Gasteiger partial charge in [-0.05, 0) is 94.5 Å². The maximum Gasteiger partial charge on any atom is 0.136 e. The van der Waals surface area contributed by atoms with E-state index in [1.807, 2.05) is 6.07 Å². The number of furan rings is 1. The summed E-state index contributed by atoms with van der Waals surface area (Å²) < 4.78 is 8.79. The van der Waals surface area contributed by atoms with Crippen LogP contribution in [0.15, 0.2) is 223 Å². The van der Waals surface area contributed by atoms with Gasteiger partial charge in [-0.1, -0.05) is 152 Å². The molecule has 3 heteroatoms. The van der Waals surface area contributed by atoms with Crippen LogP contribution < -0.4 is 4.90 Å². The quantitative estimate of drug-likeness (QED) is 0.163. The maximum absolute atomic E-state index is 6.40. The Morgan fingerprint density at radius 2 is 0.877 bits per heavy atom. The molecule has 0 bridgehead atoms. The predicted molar refractivity (Wildman–Crippen MR) is 239 cm³/mol. The minimum Gasteiger partial charge on any atom is -0.456 e. The summed E-state index contributed by atoms with van der Waals surface area (Å²) in [5, 5.41) is 4.71.